The van der Waals surface area contributed by atoms with Gasteiger partial charge < -0.3 is 9.73 Å². The Morgan fingerprint density at radius 1 is 1.08 bits per heavy atom. The van der Waals surface area contributed by atoms with Crippen molar-refractivity contribution in [2.24, 2.45) is 0 Å². The molecule has 0 aliphatic heterocycles. The summed E-state index contributed by atoms with van der Waals surface area (Å²) < 4.78 is 45.2. The molecule has 4 nitrogen and oxygen atoms in total. The minimum Gasteiger partial charge on any atom is -0.441 e. The van der Waals surface area contributed by atoms with Crippen molar-refractivity contribution in [3.05, 3.63) is 71.4 Å². The summed E-state index contributed by atoms with van der Waals surface area (Å²) in [6, 6.07) is 10.8. The first-order valence-corrected chi connectivity index (χ1v) is 7.41. The van der Waals surface area contributed by atoms with Gasteiger partial charge in [0.05, 0.1) is 17.8 Å². The van der Waals surface area contributed by atoms with Crippen LogP contribution in [0, 0.1) is 24.4 Å². The number of hydrogen-bond acceptors (Lipinski definition) is 3. The molecule has 0 spiro atoms. The van der Waals surface area contributed by atoms with Gasteiger partial charge in [-0.25, -0.2) is 18.2 Å². The van der Waals surface area contributed by atoms with Gasteiger partial charge in [0.1, 0.15) is 5.76 Å². The molecule has 0 bridgehead atoms. The number of benzene rings is 2. The molecule has 0 aliphatic carbocycles. The molecule has 1 amide bonds. The molecule has 0 aliphatic rings. The van der Waals surface area contributed by atoms with Gasteiger partial charge in [0.2, 0.25) is 11.8 Å². The maximum absolute atomic E-state index is 13.6. The summed E-state index contributed by atoms with van der Waals surface area (Å²) in [6.45, 7) is 1.65. The van der Waals surface area contributed by atoms with Gasteiger partial charge in [0.15, 0.2) is 17.5 Å². The van der Waals surface area contributed by atoms with E-state index in [0.29, 0.717) is 17.3 Å². The van der Waals surface area contributed by atoms with E-state index in [0.717, 1.165) is 17.7 Å². The fourth-order valence-corrected chi connectivity index (χ4v) is 2.27. The number of anilines is 1. The summed E-state index contributed by atoms with van der Waals surface area (Å²) in [4.78, 5) is 16.3. The van der Waals surface area contributed by atoms with Crippen molar-refractivity contribution in [2.75, 3.05) is 5.32 Å². The smallest absolute Gasteiger partial charge is 0.230 e. The first-order chi connectivity index (χ1) is 12.0. The van der Waals surface area contributed by atoms with Crippen LogP contribution in [0.1, 0.15) is 11.5 Å². The molecule has 0 saturated heterocycles. The Labute approximate surface area is 141 Å². The van der Waals surface area contributed by atoms with E-state index in [2.05, 4.69) is 10.3 Å². The highest BCUT2D eigenvalue weighted by Crippen LogP contribution is 2.23. The number of halogens is 3. The zero-order valence-electron chi connectivity index (χ0n) is 13.1. The number of aromatic nitrogens is 1. The number of oxazole rings is 1. The molecule has 3 rings (SSSR count). The highest BCUT2D eigenvalue weighted by Gasteiger charge is 2.18. The van der Waals surface area contributed by atoms with Gasteiger partial charge in [-0.2, -0.15) is 0 Å². The second kappa shape index (κ2) is 6.80. The Kier molecular flexibility index (Phi) is 4.56. The number of aryl methyl sites for hydroxylation is 1. The number of carbonyl (C=O) groups excluding carboxylic acids is 1. The van der Waals surface area contributed by atoms with E-state index in [-0.39, 0.29) is 6.42 Å². The Morgan fingerprint density at radius 3 is 2.52 bits per heavy atom. The topological polar surface area (TPSA) is 55.1 Å². The van der Waals surface area contributed by atoms with Crippen molar-refractivity contribution in [1.82, 2.24) is 4.98 Å². The highest BCUT2D eigenvalue weighted by molar-refractivity contribution is 5.92. The number of carbonyl (C=O) groups is 1. The molecule has 128 valence electrons. The maximum atomic E-state index is 13.6. The second-order valence-electron chi connectivity index (χ2n) is 5.34. The average Bonchev–Trinajstić information content (AvgIpc) is 2.97. The lowest BCUT2D eigenvalue weighted by Crippen LogP contribution is -2.16. The van der Waals surface area contributed by atoms with E-state index >= 15 is 0 Å². The molecule has 1 aromatic heterocycles. The van der Waals surface area contributed by atoms with Crippen LogP contribution in [0.15, 0.2) is 46.9 Å². The van der Waals surface area contributed by atoms with E-state index in [1.165, 1.54) is 0 Å². The van der Waals surface area contributed by atoms with Crippen LogP contribution in [0.3, 0.4) is 0 Å². The molecule has 0 saturated carbocycles. The summed E-state index contributed by atoms with van der Waals surface area (Å²) in [5.74, 6) is -4.23. The van der Waals surface area contributed by atoms with E-state index in [4.69, 9.17) is 4.42 Å². The zero-order chi connectivity index (χ0) is 18.0. The van der Waals surface area contributed by atoms with Crippen LogP contribution in [0.25, 0.3) is 11.5 Å². The molecule has 0 radical (unpaired) electrons. The zero-order valence-corrected chi connectivity index (χ0v) is 13.1. The van der Waals surface area contributed by atoms with Gasteiger partial charge in [0, 0.05) is 5.56 Å². The van der Waals surface area contributed by atoms with Gasteiger partial charge in [0.25, 0.3) is 0 Å². The summed E-state index contributed by atoms with van der Waals surface area (Å²) in [6.07, 6.45) is -0.194. The van der Waals surface area contributed by atoms with Crippen LogP contribution in [-0.2, 0) is 11.2 Å². The van der Waals surface area contributed by atoms with Crippen molar-refractivity contribution in [2.45, 2.75) is 13.3 Å². The van der Waals surface area contributed by atoms with Gasteiger partial charge >= 0.3 is 0 Å². The Bertz CT molecular complexity index is 924. The molecule has 7 heteroatoms. The lowest BCUT2D eigenvalue weighted by atomic mass is 10.2. The highest BCUT2D eigenvalue weighted by atomic mass is 19.2. The molecular weight excluding hydrogens is 333 g/mol. The van der Waals surface area contributed by atoms with E-state index < -0.39 is 29.0 Å². The molecule has 1 heterocycles. The van der Waals surface area contributed by atoms with Crippen molar-refractivity contribution < 1.29 is 22.4 Å². The van der Waals surface area contributed by atoms with Crippen LogP contribution in [0.5, 0.6) is 0 Å². The van der Waals surface area contributed by atoms with Gasteiger partial charge in [-0.15, -0.1) is 0 Å². The van der Waals surface area contributed by atoms with Crippen LogP contribution >= 0.6 is 0 Å². The minimum atomic E-state index is -1.64. The van der Waals surface area contributed by atoms with Crippen molar-refractivity contribution in [3.63, 3.8) is 0 Å². The van der Waals surface area contributed by atoms with E-state index in [1.54, 1.807) is 6.92 Å². The third-order valence-electron chi connectivity index (χ3n) is 3.55. The van der Waals surface area contributed by atoms with Crippen molar-refractivity contribution in [3.8, 4) is 11.5 Å². The third kappa shape index (κ3) is 3.55. The molecule has 25 heavy (non-hydrogen) atoms. The average molecular weight is 346 g/mol. The van der Waals surface area contributed by atoms with Crippen LogP contribution in [0.2, 0.25) is 0 Å². The molecule has 1 N–H and O–H groups in total. The van der Waals surface area contributed by atoms with Crippen LogP contribution in [-0.4, -0.2) is 10.9 Å². The fraction of sp³-hybridized carbons (Fsp3) is 0.111. The predicted molar refractivity (Wildman–Crippen MR) is 85.3 cm³/mol. The molecule has 2 aromatic carbocycles. The van der Waals surface area contributed by atoms with Crippen LogP contribution in [0.4, 0.5) is 18.9 Å². The van der Waals surface area contributed by atoms with Crippen molar-refractivity contribution in [1.29, 1.82) is 0 Å². The molecule has 0 atom stereocenters. The summed E-state index contributed by atoms with van der Waals surface area (Å²) >= 11 is 0. The number of hydrogen-bond donors (Lipinski definition) is 1. The Balaban J connectivity index is 1.76. The number of rotatable bonds is 4. The standard InChI is InChI=1S/C18H13F3N2O2/c1-10-14(23-18(25-10)11-5-3-2-4-6-11)9-15(24)22-13-8-7-12(19)16(20)17(13)21/h2-8H,9H2,1H3,(H,22,24). The quantitative estimate of drug-likeness (QED) is 0.719. The number of nitrogens with zero attached hydrogens (tertiary/aromatic N) is 1. The first kappa shape index (κ1) is 16.8. The first-order valence-electron chi connectivity index (χ1n) is 7.41. The third-order valence-corrected chi connectivity index (χ3v) is 3.55. The molecule has 0 fully saturated rings. The van der Waals surface area contributed by atoms with Gasteiger partial charge in [-0.3, -0.25) is 4.79 Å². The molecule has 0 unspecified atom stereocenters. The fourth-order valence-electron chi connectivity index (χ4n) is 2.27. The summed E-state index contributed by atoms with van der Waals surface area (Å²) in [5, 5.41) is 2.20. The SMILES string of the molecule is Cc1oc(-c2ccccc2)nc1CC(=O)Nc1ccc(F)c(F)c1F. The Hall–Kier alpha value is -3.09. The second-order valence-corrected chi connectivity index (χ2v) is 5.34. The monoisotopic (exact) mass is 346 g/mol. The molecule has 3 aromatic rings. The van der Waals surface area contributed by atoms with E-state index in [9.17, 15) is 18.0 Å². The largest absolute Gasteiger partial charge is 0.441 e. The number of nitrogens with one attached hydrogen (secondary N) is 1. The summed E-state index contributed by atoms with van der Waals surface area (Å²) in [5.41, 5.74) is 0.691. The van der Waals surface area contributed by atoms with Crippen molar-refractivity contribution >= 4 is 11.6 Å². The lowest BCUT2D eigenvalue weighted by Gasteiger charge is -2.06. The lowest BCUT2D eigenvalue weighted by molar-refractivity contribution is -0.115. The normalized spacial score (nSPS) is 10.7. The Morgan fingerprint density at radius 2 is 1.80 bits per heavy atom. The number of amides is 1. The summed E-state index contributed by atoms with van der Waals surface area (Å²) in [7, 11) is 0. The van der Waals surface area contributed by atoms with Gasteiger partial charge in [-0.1, -0.05) is 18.2 Å². The molecular formula is C18H13F3N2O2. The van der Waals surface area contributed by atoms with E-state index in [1.807, 2.05) is 30.3 Å². The maximum Gasteiger partial charge on any atom is 0.230 e. The van der Waals surface area contributed by atoms with Crippen LogP contribution < -0.4 is 5.32 Å². The minimum absolute atomic E-state index is 0.194. The van der Waals surface area contributed by atoms with Gasteiger partial charge in [-0.05, 0) is 31.2 Å². The predicted octanol–water partition coefficient (Wildman–Crippen LogP) is 4.25.